The molecule has 3 atom stereocenters. The highest BCUT2D eigenvalue weighted by Gasteiger charge is 2.55. The molecule has 0 aliphatic carbocycles. The van der Waals surface area contributed by atoms with E-state index in [9.17, 15) is 13.2 Å². The number of hydrogen-bond donors (Lipinski definition) is 0. The van der Waals surface area contributed by atoms with E-state index in [4.69, 9.17) is 4.74 Å². The number of methoxy groups -OCH3 is 1. The van der Waals surface area contributed by atoms with Gasteiger partial charge in [0.1, 0.15) is 6.04 Å². The molecule has 5 nitrogen and oxygen atoms in total. The van der Waals surface area contributed by atoms with E-state index in [1.54, 1.807) is 30.3 Å². The predicted molar refractivity (Wildman–Crippen MR) is 104 cm³/mol. The molecule has 2 aromatic carbocycles. The molecule has 7 heteroatoms. The number of fused-ring (bicyclic) bond motifs is 2. The van der Waals surface area contributed by atoms with Crippen molar-refractivity contribution < 1.29 is 17.9 Å². The van der Waals surface area contributed by atoms with Crippen LogP contribution in [-0.4, -0.2) is 44.2 Å². The number of sulfone groups is 1. The van der Waals surface area contributed by atoms with Crippen LogP contribution in [0.15, 0.2) is 81.6 Å². The van der Waals surface area contributed by atoms with E-state index in [-0.39, 0.29) is 11.4 Å². The third kappa shape index (κ3) is 3.15. The lowest BCUT2D eigenvalue weighted by atomic mass is 10.0. The van der Waals surface area contributed by atoms with Crippen LogP contribution in [0.25, 0.3) is 0 Å². The number of carbonyl (C=O) groups excluding carboxylic acids is 1. The zero-order chi connectivity index (χ0) is 19.0. The largest absolute Gasteiger partial charge is 0.467 e. The molecule has 2 aromatic rings. The molecular weight excluding hydrogens is 382 g/mol. The number of ether oxygens (including phenoxy) is 1. The van der Waals surface area contributed by atoms with Gasteiger partial charge in [-0.1, -0.05) is 48.2 Å². The topological polar surface area (TPSA) is 63.7 Å². The number of nitrogens with zero attached hydrogens (tertiary/aromatic N) is 1. The van der Waals surface area contributed by atoms with Gasteiger partial charge in [-0.05, 0) is 30.3 Å². The highest BCUT2D eigenvalue weighted by atomic mass is 32.2. The minimum atomic E-state index is -3.54. The van der Waals surface area contributed by atoms with Gasteiger partial charge in [0.15, 0.2) is 9.84 Å². The lowest BCUT2D eigenvalue weighted by Gasteiger charge is -2.24. The Balaban J connectivity index is 1.67. The van der Waals surface area contributed by atoms with Gasteiger partial charge in [0, 0.05) is 17.4 Å². The van der Waals surface area contributed by atoms with Crippen LogP contribution in [0.5, 0.6) is 0 Å². The maximum absolute atomic E-state index is 13.1. The molecule has 2 bridgehead atoms. The van der Waals surface area contributed by atoms with Gasteiger partial charge in [-0.15, -0.1) is 0 Å². The van der Waals surface area contributed by atoms with E-state index in [1.165, 1.54) is 18.9 Å². The SMILES string of the molecule is COC(=O)C1C2C=C(Sc3ccccc3)N1CC2S(=O)(=O)c1ccccc1. The quantitative estimate of drug-likeness (QED) is 0.718. The molecule has 0 amide bonds. The minimum absolute atomic E-state index is 0.285. The summed E-state index contributed by atoms with van der Waals surface area (Å²) < 4.78 is 31.2. The molecule has 0 aromatic heterocycles. The minimum Gasteiger partial charge on any atom is -0.467 e. The molecule has 4 rings (SSSR count). The number of carbonyl (C=O) groups is 1. The summed E-state index contributed by atoms with van der Waals surface area (Å²) in [5, 5.41) is 0.241. The molecule has 0 spiro atoms. The average molecular weight is 402 g/mol. The fourth-order valence-corrected chi connectivity index (χ4v) is 6.67. The molecular formula is C20H19NO4S2. The first kappa shape index (κ1) is 18.1. The summed E-state index contributed by atoms with van der Waals surface area (Å²) in [6.45, 7) is 0.285. The van der Waals surface area contributed by atoms with Crippen molar-refractivity contribution in [2.24, 2.45) is 5.92 Å². The average Bonchev–Trinajstić information content (AvgIpc) is 3.24. The van der Waals surface area contributed by atoms with E-state index >= 15 is 0 Å². The van der Waals surface area contributed by atoms with Crippen molar-refractivity contribution in [2.75, 3.05) is 13.7 Å². The molecule has 0 N–H and O–H groups in total. The molecule has 0 radical (unpaired) electrons. The fraction of sp³-hybridized carbons (Fsp3) is 0.250. The first-order valence-corrected chi connectivity index (χ1v) is 11.0. The van der Waals surface area contributed by atoms with E-state index in [0.717, 1.165) is 9.92 Å². The van der Waals surface area contributed by atoms with Crippen LogP contribution in [0.3, 0.4) is 0 Å². The fourth-order valence-electron chi connectivity index (χ4n) is 3.72. The molecule has 2 heterocycles. The lowest BCUT2D eigenvalue weighted by molar-refractivity contribution is -0.145. The van der Waals surface area contributed by atoms with Crippen molar-refractivity contribution >= 4 is 27.6 Å². The van der Waals surface area contributed by atoms with Crippen LogP contribution in [0, 0.1) is 5.92 Å². The first-order chi connectivity index (χ1) is 13.0. The van der Waals surface area contributed by atoms with Gasteiger partial charge < -0.3 is 9.64 Å². The second kappa shape index (κ2) is 7.05. The van der Waals surface area contributed by atoms with Crippen LogP contribution >= 0.6 is 11.8 Å². The Hall–Kier alpha value is -2.25. The Morgan fingerprint density at radius 2 is 1.70 bits per heavy atom. The highest BCUT2D eigenvalue weighted by molar-refractivity contribution is 8.03. The van der Waals surface area contributed by atoms with Crippen LogP contribution in [0.4, 0.5) is 0 Å². The van der Waals surface area contributed by atoms with Gasteiger partial charge in [-0.25, -0.2) is 13.2 Å². The molecule has 0 saturated carbocycles. The van der Waals surface area contributed by atoms with Crippen molar-refractivity contribution in [3.63, 3.8) is 0 Å². The van der Waals surface area contributed by atoms with Gasteiger partial charge in [-0.2, -0.15) is 0 Å². The van der Waals surface area contributed by atoms with Gasteiger partial charge in [0.2, 0.25) is 0 Å². The van der Waals surface area contributed by atoms with Crippen LogP contribution in [0.1, 0.15) is 0 Å². The third-order valence-electron chi connectivity index (χ3n) is 5.00. The summed E-state index contributed by atoms with van der Waals surface area (Å²) in [5.41, 5.74) is 0. The van der Waals surface area contributed by atoms with Crippen LogP contribution < -0.4 is 0 Å². The van der Waals surface area contributed by atoms with Gasteiger partial charge in [0.05, 0.1) is 22.3 Å². The van der Waals surface area contributed by atoms with Gasteiger partial charge in [-0.3, -0.25) is 0 Å². The van der Waals surface area contributed by atoms with E-state index in [1.807, 2.05) is 41.3 Å². The summed E-state index contributed by atoms with van der Waals surface area (Å²) in [6.07, 6.45) is 1.91. The van der Waals surface area contributed by atoms with Gasteiger partial charge >= 0.3 is 5.97 Å². The van der Waals surface area contributed by atoms with Crippen molar-refractivity contribution in [1.29, 1.82) is 0 Å². The highest BCUT2D eigenvalue weighted by Crippen LogP contribution is 2.47. The van der Waals surface area contributed by atoms with E-state index in [2.05, 4.69) is 0 Å². The lowest BCUT2D eigenvalue weighted by Crippen LogP contribution is -2.35. The zero-order valence-electron chi connectivity index (χ0n) is 14.7. The van der Waals surface area contributed by atoms with Gasteiger partial charge in [0.25, 0.3) is 0 Å². The van der Waals surface area contributed by atoms with E-state index in [0.29, 0.717) is 0 Å². The maximum Gasteiger partial charge on any atom is 0.329 e. The number of hydrogen-bond acceptors (Lipinski definition) is 6. The predicted octanol–water partition coefficient (Wildman–Crippen LogP) is 2.95. The Morgan fingerprint density at radius 1 is 1.07 bits per heavy atom. The number of thioether (sulfide) groups is 1. The standard InChI is InChI=1S/C20H19NO4S2/c1-25-20(22)19-16-12-18(26-14-8-4-2-5-9-14)21(19)13-17(16)27(23,24)15-10-6-3-7-11-15/h2-12,16-17,19H,13H2,1H3. The van der Waals surface area contributed by atoms with Crippen molar-refractivity contribution in [3.8, 4) is 0 Å². The molecule has 1 fully saturated rings. The smallest absolute Gasteiger partial charge is 0.329 e. The second-order valence-corrected chi connectivity index (χ2v) is 9.77. The van der Waals surface area contributed by atoms with Crippen molar-refractivity contribution in [1.82, 2.24) is 4.90 Å². The number of esters is 1. The normalized spacial score (nSPS) is 24.0. The Labute approximate surface area is 162 Å². The Bertz CT molecular complexity index is 974. The van der Waals surface area contributed by atoms with E-state index < -0.39 is 33.0 Å². The Kier molecular flexibility index (Phi) is 4.74. The molecule has 2 aliphatic rings. The third-order valence-corrected chi connectivity index (χ3v) is 8.28. The van der Waals surface area contributed by atoms with Crippen LogP contribution in [0.2, 0.25) is 0 Å². The van der Waals surface area contributed by atoms with Crippen molar-refractivity contribution in [3.05, 3.63) is 71.8 Å². The molecule has 27 heavy (non-hydrogen) atoms. The maximum atomic E-state index is 13.1. The summed E-state index contributed by atoms with van der Waals surface area (Å²) in [4.78, 5) is 15.6. The van der Waals surface area contributed by atoms with Crippen molar-refractivity contribution in [2.45, 2.75) is 21.1 Å². The molecule has 3 unspecified atom stereocenters. The molecule has 140 valence electrons. The summed E-state index contributed by atoms with van der Waals surface area (Å²) in [7, 11) is -2.20. The van der Waals surface area contributed by atoms with Crippen LogP contribution in [-0.2, 0) is 19.4 Å². The second-order valence-electron chi connectivity index (χ2n) is 6.51. The summed E-state index contributed by atoms with van der Waals surface area (Å²) in [6, 6.07) is 17.7. The molecule has 2 aliphatic heterocycles. The molecule has 1 saturated heterocycles. The number of benzene rings is 2. The Morgan fingerprint density at radius 3 is 2.33 bits per heavy atom. The number of rotatable bonds is 5. The summed E-state index contributed by atoms with van der Waals surface area (Å²) in [5.74, 6) is -0.820. The summed E-state index contributed by atoms with van der Waals surface area (Å²) >= 11 is 1.54. The monoisotopic (exact) mass is 401 g/mol. The first-order valence-electron chi connectivity index (χ1n) is 8.60. The zero-order valence-corrected chi connectivity index (χ0v) is 16.3.